The van der Waals surface area contributed by atoms with Gasteiger partial charge in [-0.2, -0.15) is 0 Å². The van der Waals surface area contributed by atoms with E-state index in [0.29, 0.717) is 28.8 Å². The summed E-state index contributed by atoms with van der Waals surface area (Å²) in [6, 6.07) is 19.3. The molecular weight excluding hydrogens is 510 g/mol. The van der Waals surface area contributed by atoms with E-state index in [1.54, 1.807) is 66.9 Å². The van der Waals surface area contributed by atoms with E-state index >= 15 is 0 Å². The van der Waals surface area contributed by atoms with E-state index in [-0.39, 0.29) is 36.5 Å². The van der Waals surface area contributed by atoms with Gasteiger partial charge in [-0.25, -0.2) is 24.1 Å². The number of nitrogens with one attached hydrogen (secondary N) is 1. The maximum absolute atomic E-state index is 13.5. The first-order chi connectivity index (χ1) is 18.4. The molecule has 38 heavy (non-hydrogen) atoms. The van der Waals surface area contributed by atoms with Crippen LogP contribution in [0.15, 0.2) is 87.5 Å². The molecule has 194 valence electrons. The Morgan fingerprint density at radius 1 is 1.08 bits per heavy atom. The van der Waals surface area contributed by atoms with E-state index in [1.165, 1.54) is 11.7 Å². The number of esters is 1. The van der Waals surface area contributed by atoms with Crippen molar-refractivity contribution in [3.8, 4) is 11.6 Å². The van der Waals surface area contributed by atoms with Crippen molar-refractivity contribution < 1.29 is 14.3 Å². The Balaban J connectivity index is 1.49. The number of H-pyrrole nitrogens is 1. The number of pyridine rings is 1. The number of hydrogen-bond donors (Lipinski definition) is 1. The van der Waals surface area contributed by atoms with Crippen molar-refractivity contribution in [2.24, 2.45) is 16.8 Å². The second kappa shape index (κ2) is 10.9. The summed E-state index contributed by atoms with van der Waals surface area (Å²) in [4.78, 5) is 49.7. The Morgan fingerprint density at radius 2 is 1.84 bits per heavy atom. The minimum Gasteiger partial charge on any atom is -0.469 e. The van der Waals surface area contributed by atoms with Crippen LogP contribution in [0.1, 0.15) is 12.0 Å². The molecule has 5 rings (SSSR count). The highest BCUT2D eigenvalue weighted by atomic mass is 35.5. The minimum atomic E-state index is -0.605. The van der Waals surface area contributed by atoms with Crippen molar-refractivity contribution in [2.75, 3.05) is 7.11 Å². The zero-order valence-corrected chi connectivity index (χ0v) is 21.2. The molecule has 1 saturated carbocycles. The van der Waals surface area contributed by atoms with Crippen LogP contribution in [0.4, 0.5) is 5.69 Å². The van der Waals surface area contributed by atoms with Gasteiger partial charge in [0.15, 0.2) is 0 Å². The Bertz CT molecular complexity index is 1630. The quantitative estimate of drug-likeness (QED) is 0.347. The van der Waals surface area contributed by atoms with E-state index < -0.39 is 11.4 Å². The van der Waals surface area contributed by atoms with Crippen LogP contribution in [0.5, 0.6) is 11.6 Å². The molecule has 1 N–H and O–H groups in total. The SMILES string of the molecule is COC(=O)C1CC1Cn1c(=O)[nH]c(=Nc2ccc(Oc3ccccn3)cc2)n(Cc2ccc(Cl)cc2)c1=O. The molecule has 2 unspecified atom stereocenters. The van der Waals surface area contributed by atoms with Crippen molar-refractivity contribution in [3.05, 3.63) is 110 Å². The Kier molecular flexibility index (Phi) is 7.23. The first-order valence-corrected chi connectivity index (χ1v) is 12.3. The number of ether oxygens (including phenoxy) is 2. The van der Waals surface area contributed by atoms with Crippen molar-refractivity contribution in [1.82, 2.24) is 19.1 Å². The number of aromatic nitrogens is 4. The van der Waals surface area contributed by atoms with Gasteiger partial charge in [-0.05, 0) is 60.4 Å². The lowest BCUT2D eigenvalue weighted by Crippen LogP contribution is -2.50. The Hall–Kier alpha value is -4.44. The maximum Gasteiger partial charge on any atom is 0.335 e. The molecule has 2 atom stereocenters. The standard InChI is InChI=1S/C27H24ClN5O5/c1-37-24(34)22-14-18(22)16-33-26(35)31-25(32(27(33)36)15-17-5-7-19(28)8-6-17)30-20-9-11-21(12-10-20)38-23-4-2-3-13-29-23/h2-13,18,22H,14-16H2,1H3,(H,30,31,35). The van der Waals surface area contributed by atoms with Crippen LogP contribution in [0, 0.1) is 11.8 Å². The number of carbonyl (C=O) groups is 1. The van der Waals surface area contributed by atoms with E-state index in [1.807, 2.05) is 6.07 Å². The van der Waals surface area contributed by atoms with Crippen LogP contribution in [-0.2, 0) is 22.6 Å². The summed E-state index contributed by atoms with van der Waals surface area (Å²) in [6.45, 7) is 0.256. The average molecular weight is 534 g/mol. The molecule has 11 heteroatoms. The molecule has 1 fully saturated rings. The molecule has 0 radical (unpaired) electrons. The molecule has 2 aromatic heterocycles. The topological polar surface area (TPSA) is 121 Å². The molecule has 2 heterocycles. The van der Waals surface area contributed by atoms with E-state index in [4.69, 9.17) is 21.1 Å². The predicted molar refractivity (Wildman–Crippen MR) is 139 cm³/mol. The molecule has 4 aromatic rings. The van der Waals surface area contributed by atoms with Gasteiger partial charge in [-0.15, -0.1) is 0 Å². The third kappa shape index (κ3) is 5.76. The monoisotopic (exact) mass is 533 g/mol. The summed E-state index contributed by atoms with van der Waals surface area (Å²) in [5.74, 6) is 0.226. The second-order valence-electron chi connectivity index (χ2n) is 8.86. The number of aromatic amines is 1. The molecular formula is C27H24ClN5O5. The van der Waals surface area contributed by atoms with Crippen molar-refractivity contribution >= 4 is 23.3 Å². The second-order valence-corrected chi connectivity index (χ2v) is 9.30. The van der Waals surface area contributed by atoms with Gasteiger partial charge < -0.3 is 9.47 Å². The van der Waals surface area contributed by atoms with Crippen LogP contribution < -0.4 is 21.7 Å². The normalized spacial score (nSPS) is 16.7. The highest BCUT2D eigenvalue weighted by molar-refractivity contribution is 6.30. The smallest absolute Gasteiger partial charge is 0.335 e. The zero-order chi connectivity index (χ0) is 26.6. The van der Waals surface area contributed by atoms with Crippen molar-refractivity contribution in [3.63, 3.8) is 0 Å². The first kappa shape index (κ1) is 25.2. The Labute approximate surface area is 221 Å². The van der Waals surface area contributed by atoms with Gasteiger partial charge in [0.2, 0.25) is 11.5 Å². The lowest BCUT2D eigenvalue weighted by atomic mass is 10.2. The number of halogens is 1. The maximum atomic E-state index is 13.5. The number of methoxy groups -OCH3 is 1. The number of carbonyl (C=O) groups excluding carboxylic acids is 1. The predicted octanol–water partition coefficient (Wildman–Crippen LogP) is 3.27. The van der Waals surface area contributed by atoms with Crippen molar-refractivity contribution in [2.45, 2.75) is 19.5 Å². The zero-order valence-electron chi connectivity index (χ0n) is 20.4. The summed E-state index contributed by atoms with van der Waals surface area (Å²) >= 11 is 6.02. The van der Waals surface area contributed by atoms with Gasteiger partial charge in [-0.3, -0.25) is 14.3 Å². The number of nitrogens with zero attached hydrogens (tertiary/aromatic N) is 4. The molecule has 0 bridgehead atoms. The fourth-order valence-electron chi connectivity index (χ4n) is 4.08. The third-order valence-electron chi connectivity index (χ3n) is 6.21. The summed E-state index contributed by atoms with van der Waals surface area (Å²) in [5.41, 5.74) is 0.248. The summed E-state index contributed by atoms with van der Waals surface area (Å²) in [6.07, 6.45) is 2.20. The fraction of sp³-hybridized carbons (Fsp3) is 0.222. The summed E-state index contributed by atoms with van der Waals surface area (Å²) in [7, 11) is 1.32. The molecule has 1 aliphatic rings. The van der Waals surface area contributed by atoms with Crippen LogP contribution in [-0.4, -0.2) is 32.2 Å². The number of hydrogen-bond acceptors (Lipinski definition) is 7. The minimum absolute atomic E-state index is 0.0879. The van der Waals surface area contributed by atoms with Gasteiger partial charge >= 0.3 is 17.3 Å². The molecule has 0 aliphatic heterocycles. The van der Waals surface area contributed by atoms with Gasteiger partial charge in [0.1, 0.15) is 5.75 Å². The van der Waals surface area contributed by atoms with Crippen LogP contribution in [0.2, 0.25) is 5.02 Å². The highest BCUT2D eigenvalue weighted by Crippen LogP contribution is 2.40. The first-order valence-electron chi connectivity index (χ1n) is 11.9. The molecule has 2 aromatic carbocycles. The average Bonchev–Trinajstić information content (AvgIpc) is 3.70. The van der Waals surface area contributed by atoms with Crippen LogP contribution >= 0.6 is 11.6 Å². The number of rotatable bonds is 8. The van der Waals surface area contributed by atoms with Gasteiger partial charge in [0.25, 0.3) is 0 Å². The largest absolute Gasteiger partial charge is 0.469 e. The molecule has 0 amide bonds. The lowest BCUT2D eigenvalue weighted by Gasteiger charge is -2.11. The van der Waals surface area contributed by atoms with Gasteiger partial charge in [-0.1, -0.05) is 29.8 Å². The number of benzene rings is 2. The van der Waals surface area contributed by atoms with Crippen LogP contribution in [0.25, 0.3) is 0 Å². The van der Waals surface area contributed by atoms with Crippen LogP contribution in [0.3, 0.4) is 0 Å². The fourth-order valence-corrected chi connectivity index (χ4v) is 4.21. The van der Waals surface area contributed by atoms with Crippen molar-refractivity contribution in [1.29, 1.82) is 0 Å². The third-order valence-corrected chi connectivity index (χ3v) is 6.46. The molecule has 1 aliphatic carbocycles. The summed E-state index contributed by atoms with van der Waals surface area (Å²) < 4.78 is 13.0. The van der Waals surface area contributed by atoms with Gasteiger partial charge in [0.05, 0.1) is 25.3 Å². The summed E-state index contributed by atoms with van der Waals surface area (Å²) in [5, 5.41) is 0.568. The highest BCUT2D eigenvalue weighted by Gasteiger charge is 2.44. The lowest BCUT2D eigenvalue weighted by molar-refractivity contribution is -0.142. The molecule has 0 spiro atoms. The van der Waals surface area contributed by atoms with Gasteiger partial charge in [0, 0.05) is 23.8 Å². The molecule has 0 saturated heterocycles. The van der Waals surface area contributed by atoms with E-state index in [0.717, 1.165) is 10.1 Å². The van der Waals surface area contributed by atoms with E-state index in [9.17, 15) is 14.4 Å². The van der Waals surface area contributed by atoms with E-state index in [2.05, 4.69) is 15.0 Å². The Morgan fingerprint density at radius 3 is 2.53 bits per heavy atom. The molecule has 10 nitrogen and oxygen atoms in total.